The third-order valence-corrected chi connectivity index (χ3v) is 4.83. The Kier molecular flexibility index (Phi) is 5.21. The van der Waals surface area contributed by atoms with Gasteiger partial charge in [-0.2, -0.15) is 0 Å². The van der Waals surface area contributed by atoms with Gasteiger partial charge in [-0.3, -0.25) is 9.59 Å². The Morgan fingerprint density at radius 3 is 2.83 bits per heavy atom. The first kappa shape index (κ1) is 16.3. The van der Waals surface area contributed by atoms with Crippen LogP contribution in [0.4, 0.5) is 0 Å². The minimum atomic E-state index is 0.0413. The Morgan fingerprint density at radius 1 is 1.26 bits per heavy atom. The van der Waals surface area contributed by atoms with Gasteiger partial charge < -0.3 is 10.2 Å². The predicted octanol–water partition coefficient (Wildman–Crippen LogP) is 3.25. The number of piperidine rings is 1. The Labute approximate surface area is 142 Å². The number of amides is 2. The largest absolute Gasteiger partial charge is 0.353 e. The van der Waals surface area contributed by atoms with E-state index < -0.39 is 0 Å². The SMILES string of the molecule is O=C(CC[C@@H]1CCCN(C(=O)c2cccc(Cl)c2)C1)NC1CC1. The molecule has 1 heterocycles. The lowest BCUT2D eigenvalue weighted by Gasteiger charge is -2.33. The molecule has 0 spiro atoms. The van der Waals surface area contributed by atoms with Crippen LogP contribution in [0.1, 0.15) is 48.9 Å². The molecule has 4 nitrogen and oxygen atoms in total. The summed E-state index contributed by atoms with van der Waals surface area (Å²) in [6.07, 6.45) is 5.77. The van der Waals surface area contributed by atoms with Crippen molar-refractivity contribution in [2.45, 2.75) is 44.6 Å². The smallest absolute Gasteiger partial charge is 0.253 e. The second-order valence-electron chi connectivity index (χ2n) is 6.65. The molecule has 0 bridgehead atoms. The van der Waals surface area contributed by atoms with Gasteiger partial charge in [-0.1, -0.05) is 17.7 Å². The summed E-state index contributed by atoms with van der Waals surface area (Å²) >= 11 is 5.97. The molecule has 0 unspecified atom stereocenters. The Morgan fingerprint density at radius 2 is 2.09 bits per heavy atom. The Hall–Kier alpha value is -1.55. The topological polar surface area (TPSA) is 49.4 Å². The molecule has 1 N–H and O–H groups in total. The van der Waals surface area contributed by atoms with E-state index in [9.17, 15) is 9.59 Å². The van der Waals surface area contributed by atoms with E-state index in [1.54, 1.807) is 24.3 Å². The van der Waals surface area contributed by atoms with Crippen LogP contribution >= 0.6 is 11.6 Å². The van der Waals surface area contributed by atoms with E-state index in [1.807, 2.05) is 4.90 Å². The molecule has 1 saturated heterocycles. The van der Waals surface area contributed by atoms with Crippen LogP contribution in [-0.4, -0.2) is 35.8 Å². The van der Waals surface area contributed by atoms with Gasteiger partial charge in [0, 0.05) is 36.1 Å². The summed E-state index contributed by atoms with van der Waals surface area (Å²) in [6.45, 7) is 1.53. The minimum Gasteiger partial charge on any atom is -0.353 e. The summed E-state index contributed by atoms with van der Waals surface area (Å²) in [6, 6.07) is 7.53. The van der Waals surface area contributed by atoms with E-state index in [4.69, 9.17) is 11.6 Å². The van der Waals surface area contributed by atoms with E-state index in [0.717, 1.165) is 45.2 Å². The lowest BCUT2D eigenvalue weighted by molar-refractivity contribution is -0.121. The number of hydrogen-bond donors (Lipinski definition) is 1. The molecular formula is C18H23ClN2O2. The van der Waals surface area contributed by atoms with Gasteiger partial charge in [0.05, 0.1) is 0 Å². The zero-order valence-electron chi connectivity index (χ0n) is 13.3. The molecule has 0 aromatic heterocycles. The van der Waals surface area contributed by atoms with Crippen LogP contribution in [0.3, 0.4) is 0 Å². The molecule has 124 valence electrons. The summed E-state index contributed by atoms with van der Waals surface area (Å²) in [7, 11) is 0. The molecule has 2 aliphatic rings. The van der Waals surface area contributed by atoms with Gasteiger partial charge in [0.1, 0.15) is 0 Å². The highest BCUT2D eigenvalue weighted by Gasteiger charge is 2.26. The van der Waals surface area contributed by atoms with E-state index in [-0.39, 0.29) is 11.8 Å². The normalized spacial score (nSPS) is 21.1. The summed E-state index contributed by atoms with van der Waals surface area (Å²) < 4.78 is 0. The molecule has 3 rings (SSSR count). The van der Waals surface area contributed by atoms with Gasteiger partial charge in [-0.15, -0.1) is 0 Å². The molecule has 1 aliphatic carbocycles. The highest BCUT2D eigenvalue weighted by Crippen LogP contribution is 2.24. The molecule has 1 atom stereocenters. The second-order valence-corrected chi connectivity index (χ2v) is 7.09. The van der Waals surface area contributed by atoms with Crippen molar-refractivity contribution in [3.05, 3.63) is 34.9 Å². The fraction of sp³-hybridized carbons (Fsp3) is 0.556. The van der Waals surface area contributed by atoms with Crippen LogP contribution in [0.2, 0.25) is 5.02 Å². The maximum absolute atomic E-state index is 12.6. The van der Waals surface area contributed by atoms with Crippen molar-refractivity contribution in [1.82, 2.24) is 10.2 Å². The van der Waals surface area contributed by atoms with Crippen LogP contribution < -0.4 is 5.32 Å². The number of likely N-dealkylation sites (tertiary alicyclic amines) is 1. The van der Waals surface area contributed by atoms with Crippen molar-refractivity contribution in [3.8, 4) is 0 Å². The van der Waals surface area contributed by atoms with Gasteiger partial charge in [-0.25, -0.2) is 0 Å². The number of carbonyl (C=O) groups excluding carboxylic acids is 2. The fourth-order valence-electron chi connectivity index (χ4n) is 3.15. The monoisotopic (exact) mass is 334 g/mol. The van der Waals surface area contributed by atoms with Crippen LogP contribution in [0, 0.1) is 5.92 Å². The van der Waals surface area contributed by atoms with Gasteiger partial charge in [0.2, 0.25) is 5.91 Å². The van der Waals surface area contributed by atoms with Gasteiger partial charge in [0.15, 0.2) is 0 Å². The number of carbonyl (C=O) groups is 2. The molecule has 2 amide bonds. The maximum Gasteiger partial charge on any atom is 0.253 e. The Balaban J connectivity index is 1.51. The van der Waals surface area contributed by atoms with Crippen molar-refractivity contribution >= 4 is 23.4 Å². The molecule has 23 heavy (non-hydrogen) atoms. The second kappa shape index (κ2) is 7.35. The molecule has 1 saturated carbocycles. The van der Waals surface area contributed by atoms with Gasteiger partial charge in [0.25, 0.3) is 5.91 Å². The fourth-order valence-corrected chi connectivity index (χ4v) is 3.34. The van der Waals surface area contributed by atoms with Crippen molar-refractivity contribution in [1.29, 1.82) is 0 Å². The first-order valence-electron chi connectivity index (χ1n) is 8.46. The van der Waals surface area contributed by atoms with E-state index in [0.29, 0.717) is 29.0 Å². The van der Waals surface area contributed by atoms with Crippen molar-refractivity contribution in [3.63, 3.8) is 0 Å². The Bertz CT molecular complexity index is 586. The summed E-state index contributed by atoms with van der Waals surface area (Å²) in [4.78, 5) is 26.3. The van der Waals surface area contributed by atoms with Crippen molar-refractivity contribution < 1.29 is 9.59 Å². The van der Waals surface area contributed by atoms with Gasteiger partial charge >= 0.3 is 0 Å². The zero-order valence-corrected chi connectivity index (χ0v) is 14.0. The maximum atomic E-state index is 12.6. The number of nitrogens with zero attached hydrogens (tertiary/aromatic N) is 1. The minimum absolute atomic E-state index is 0.0413. The highest BCUT2D eigenvalue weighted by atomic mass is 35.5. The predicted molar refractivity (Wildman–Crippen MR) is 90.5 cm³/mol. The molecule has 1 aromatic carbocycles. The molecule has 2 fully saturated rings. The van der Waals surface area contributed by atoms with E-state index in [2.05, 4.69) is 5.32 Å². The number of hydrogen-bond acceptors (Lipinski definition) is 2. The quantitative estimate of drug-likeness (QED) is 0.898. The third kappa shape index (κ3) is 4.71. The summed E-state index contributed by atoms with van der Waals surface area (Å²) in [5.41, 5.74) is 0.643. The molecule has 5 heteroatoms. The highest BCUT2D eigenvalue weighted by molar-refractivity contribution is 6.30. The summed E-state index contributed by atoms with van der Waals surface area (Å²) in [5, 5.41) is 3.61. The zero-order chi connectivity index (χ0) is 16.2. The van der Waals surface area contributed by atoms with Crippen LogP contribution in [0.25, 0.3) is 0 Å². The lowest BCUT2D eigenvalue weighted by Crippen LogP contribution is -2.40. The van der Waals surface area contributed by atoms with Crippen LogP contribution in [-0.2, 0) is 4.79 Å². The molecule has 1 aliphatic heterocycles. The van der Waals surface area contributed by atoms with Crippen LogP contribution in [0.5, 0.6) is 0 Å². The third-order valence-electron chi connectivity index (χ3n) is 4.60. The first-order valence-corrected chi connectivity index (χ1v) is 8.84. The lowest BCUT2D eigenvalue weighted by atomic mass is 9.93. The van der Waals surface area contributed by atoms with Crippen molar-refractivity contribution in [2.75, 3.05) is 13.1 Å². The van der Waals surface area contributed by atoms with E-state index >= 15 is 0 Å². The van der Waals surface area contributed by atoms with Crippen LogP contribution in [0.15, 0.2) is 24.3 Å². The molecule has 0 radical (unpaired) electrons. The van der Waals surface area contributed by atoms with Crippen molar-refractivity contribution in [2.24, 2.45) is 5.92 Å². The average Bonchev–Trinajstić information content (AvgIpc) is 3.36. The molecule has 1 aromatic rings. The first-order chi connectivity index (χ1) is 11.1. The standard InChI is InChI=1S/C18H23ClN2O2/c19-15-5-1-4-14(11-15)18(23)21-10-2-3-13(12-21)6-9-17(22)20-16-7-8-16/h1,4-5,11,13,16H,2-3,6-10,12H2,(H,20,22)/t13-/m0/s1. The van der Waals surface area contributed by atoms with Gasteiger partial charge in [-0.05, 0) is 56.2 Å². The summed E-state index contributed by atoms with van der Waals surface area (Å²) in [5.74, 6) is 0.613. The average molecular weight is 335 g/mol. The number of rotatable bonds is 5. The number of benzene rings is 1. The molecular weight excluding hydrogens is 312 g/mol. The number of nitrogens with one attached hydrogen (secondary N) is 1. The van der Waals surface area contributed by atoms with E-state index in [1.165, 1.54) is 0 Å². The number of halogens is 1.